The molecule has 1 heterocycles. The highest BCUT2D eigenvalue weighted by molar-refractivity contribution is 5.79. The monoisotopic (exact) mass is 301 g/mol. The van der Waals surface area contributed by atoms with Crippen molar-refractivity contribution >= 4 is 12.1 Å². The number of ether oxygens (including phenoxy) is 3. The van der Waals surface area contributed by atoms with Gasteiger partial charge in [0.15, 0.2) is 6.10 Å². The minimum absolute atomic E-state index is 0.0170. The first kappa shape index (κ1) is 17.8. The molecule has 0 radical (unpaired) electrons. The molecule has 1 unspecified atom stereocenters. The average molecular weight is 301 g/mol. The Morgan fingerprint density at radius 1 is 1.24 bits per heavy atom. The molecular weight excluding hydrogens is 274 g/mol. The van der Waals surface area contributed by atoms with Crippen molar-refractivity contribution in [3.63, 3.8) is 0 Å². The van der Waals surface area contributed by atoms with Crippen molar-refractivity contribution in [1.29, 1.82) is 0 Å². The molecule has 1 amide bonds. The molecule has 0 N–H and O–H groups in total. The molecular formula is C15H27NO5. The molecule has 6 nitrogen and oxygen atoms in total. The van der Waals surface area contributed by atoms with Crippen molar-refractivity contribution in [3.8, 4) is 0 Å². The van der Waals surface area contributed by atoms with Crippen molar-refractivity contribution in [2.75, 3.05) is 7.11 Å². The zero-order chi connectivity index (χ0) is 16.6. The molecule has 0 bridgehead atoms. The summed E-state index contributed by atoms with van der Waals surface area (Å²) in [5.41, 5.74) is -1.55. The quantitative estimate of drug-likeness (QED) is 0.733. The Morgan fingerprint density at radius 3 is 2.14 bits per heavy atom. The smallest absolute Gasteiger partial charge is 0.412 e. The first-order valence-electron chi connectivity index (χ1n) is 7.18. The highest BCUT2D eigenvalue weighted by Gasteiger charge is 2.55. The number of carbonyl (C=O) groups excluding carboxylic acids is 2. The van der Waals surface area contributed by atoms with Gasteiger partial charge in [0, 0.05) is 0 Å². The summed E-state index contributed by atoms with van der Waals surface area (Å²) in [6, 6.07) is -0.428. The van der Waals surface area contributed by atoms with E-state index in [0.717, 1.165) is 0 Å². The van der Waals surface area contributed by atoms with Gasteiger partial charge in [0.25, 0.3) is 0 Å². The standard InChI is InChI=1S/C15H27NO5/c1-9(2)10-11(12(17)19-8)20-15(6,7)16(10)13(18)21-14(3,4)5/h9-11H,1-8H3/t10-,11?/m0/s1. The normalized spacial score (nSPS) is 25.1. The van der Waals surface area contributed by atoms with E-state index in [1.165, 1.54) is 12.0 Å². The van der Waals surface area contributed by atoms with Crippen LogP contribution >= 0.6 is 0 Å². The lowest BCUT2D eigenvalue weighted by molar-refractivity contribution is -0.158. The van der Waals surface area contributed by atoms with E-state index in [-0.39, 0.29) is 5.92 Å². The van der Waals surface area contributed by atoms with E-state index in [9.17, 15) is 9.59 Å². The van der Waals surface area contributed by atoms with Crippen LogP contribution in [0, 0.1) is 5.92 Å². The van der Waals surface area contributed by atoms with Gasteiger partial charge >= 0.3 is 12.1 Å². The Kier molecular flexibility index (Phi) is 4.93. The van der Waals surface area contributed by atoms with Crippen LogP contribution in [0.15, 0.2) is 0 Å². The van der Waals surface area contributed by atoms with Crippen LogP contribution in [0.25, 0.3) is 0 Å². The lowest BCUT2D eigenvalue weighted by Gasteiger charge is -2.36. The molecule has 0 aliphatic carbocycles. The van der Waals surface area contributed by atoms with Gasteiger partial charge in [-0.25, -0.2) is 9.59 Å². The molecule has 1 saturated heterocycles. The first-order valence-corrected chi connectivity index (χ1v) is 7.18. The Balaban J connectivity index is 3.13. The molecule has 1 aliphatic rings. The zero-order valence-corrected chi connectivity index (χ0v) is 14.2. The van der Waals surface area contributed by atoms with Crippen molar-refractivity contribution in [1.82, 2.24) is 4.90 Å². The maximum atomic E-state index is 12.5. The predicted molar refractivity (Wildman–Crippen MR) is 77.7 cm³/mol. The summed E-state index contributed by atoms with van der Waals surface area (Å²) in [7, 11) is 1.31. The van der Waals surface area contributed by atoms with Crippen molar-refractivity contribution < 1.29 is 23.8 Å². The molecule has 1 fully saturated rings. The van der Waals surface area contributed by atoms with E-state index in [4.69, 9.17) is 14.2 Å². The van der Waals surface area contributed by atoms with E-state index in [0.29, 0.717) is 0 Å². The first-order chi connectivity index (χ1) is 9.40. The van der Waals surface area contributed by atoms with Gasteiger partial charge in [-0.2, -0.15) is 0 Å². The lowest BCUT2D eigenvalue weighted by Crippen LogP contribution is -2.52. The summed E-state index contributed by atoms with van der Waals surface area (Å²) in [6.45, 7) is 12.8. The van der Waals surface area contributed by atoms with Crippen LogP contribution in [0.1, 0.15) is 48.5 Å². The number of esters is 1. The highest BCUT2D eigenvalue weighted by Crippen LogP contribution is 2.37. The molecule has 0 spiro atoms. The SMILES string of the molecule is COC(=O)C1OC(C)(C)N(C(=O)OC(C)(C)C)[C@H]1C(C)C. The molecule has 21 heavy (non-hydrogen) atoms. The van der Waals surface area contributed by atoms with E-state index < -0.39 is 35.5 Å². The molecule has 0 saturated carbocycles. The molecule has 122 valence electrons. The Labute approximate surface area is 126 Å². The van der Waals surface area contributed by atoms with Gasteiger partial charge < -0.3 is 14.2 Å². The van der Waals surface area contributed by atoms with Crippen molar-refractivity contribution in [2.45, 2.75) is 71.9 Å². The summed E-state index contributed by atoms with van der Waals surface area (Å²) in [4.78, 5) is 26.0. The molecule has 6 heteroatoms. The van der Waals surface area contributed by atoms with Crippen molar-refractivity contribution in [2.24, 2.45) is 5.92 Å². The van der Waals surface area contributed by atoms with Crippen molar-refractivity contribution in [3.05, 3.63) is 0 Å². The van der Waals surface area contributed by atoms with Gasteiger partial charge in [-0.3, -0.25) is 4.90 Å². The number of hydrogen-bond acceptors (Lipinski definition) is 5. The Morgan fingerprint density at radius 2 is 1.76 bits per heavy atom. The molecule has 1 rings (SSSR count). The van der Waals surface area contributed by atoms with Gasteiger partial charge in [0.05, 0.1) is 13.2 Å². The van der Waals surface area contributed by atoms with Gasteiger partial charge in [-0.05, 0) is 40.5 Å². The predicted octanol–water partition coefficient (Wildman–Crippen LogP) is 2.56. The van der Waals surface area contributed by atoms with Crippen LogP contribution in [0.5, 0.6) is 0 Å². The van der Waals surface area contributed by atoms with Crippen LogP contribution < -0.4 is 0 Å². The third-order valence-corrected chi connectivity index (χ3v) is 3.31. The summed E-state index contributed by atoms with van der Waals surface area (Å²) in [6.07, 6.45) is -1.30. The summed E-state index contributed by atoms with van der Waals surface area (Å²) >= 11 is 0. The Hall–Kier alpha value is -1.30. The van der Waals surface area contributed by atoms with Crippen LogP contribution in [0.4, 0.5) is 4.79 Å². The van der Waals surface area contributed by atoms with Crippen LogP contribution in [0.2, 0.25) is 0 Å². The minimum atomic E-state index is -0.934. The minimum Gasteiger partial charge on any atom is -0.467 e. The lowest BCUT2D eigenvalue weighted by atomic mass is 9.97. The number of nitrogens with zero attached hydrogens (tertiary/aromatic N) is 1. The fourth-order valence-electron chi connectivity index (χ4n) is 2.54. The van der Waals surface area contributed by atoms with E-state index in [1.54, 1.807) is 34.6 Å². The molecule has 1 aliphatic heterocycles. The number of methoxy groups -OCH3 is 1. The second kappa shape index (κ2) is 5.83. The second-order valence-electron chi connectivity index (χ2n) is 7.09. The van der Waals surface area contributed by atoms with Gasteiger partial charge in [0.2, 0.25) is 0 Å². The number of carbonyl (C=O) groups is 2. The maximum absolute atomic E-state index is 12.5. The van der Waals surface area contributed by atoms with Crippen LogP contribution in [-0.2, 0) is 19.0 Å². The molecule has 0 aromatic carbocycles. The average Bonchev–Trinajstić information content (AvgIpc) is 2.57. The number of rotatable bonds is 2. The molecule has 0 aromatic heterocycles. The highest BCUT2D eigenvalue weighted by atomic mass is 16.6. The van der Waals surface area contributed by atoms with Gasteiger partial charge in [0.1, 0.15) is 11.3 Å². The topological polar surface area (TPSA) is 65.1 Å². The fourth-order valence-corrected chi connectivity index (χ4v) is 2.54. The van der Waals surface area contributed by atoms with Gasteiger partial charge in [-0.15, -0.1) is 0 Å². The molecule has 2 atom stereocenters. The number of amides is 1. The Bertz CT molecular complexity index is 411. The third kappa shape index (κ3) is 3.87. The zero-order valence-electron chi connectivity index (χ0n) is 14.2. The van der Waals surface area contributed by atoms with E-state index in [2.05, 4.69) is 0 Å². The largest absolute Gasteiger partial charge is 0.467 e. The maximum Gasteiger partial charge on any atom is 0.412 e. The summed E-state index contributed by atoms with van der Waals surface area (Å²) < 4.78 is 16.0. The second-order valence-corrected chi connectivity index (χ2v) is 7.09. The fraction of sp³-hybridized carbons (Fsp3) is 0.867. The number of hydrogen-bond donors (Lipinski definition) is 0. The van der Waals surface area contributed by atoms with Crippen LogP contribution in [0.3, 0.4) is 0 Å². The third-order valence-electron chi connectivity index (χ3n) is 3.31. The summed E-state index contributed by atoms with van der Waals surface area (Å²) in [5, 5.41) is 0. The van der Waals surface area contributed by atoms with Gasteiger partial charge in [-0.1, -0.05) is 13.8 Å². The summed E-state index contributed by atoms with van der Waals surface area (Å²) in [5.74, 6) is -0.462. The van der Waals surface area contributed by atoms with Crippen LogP contribution in [-0.4, -0.2) is 47.5 Å². The van der Waals surface area contributed by atoms with E-state index in [1.807, 2.05) is 13.8 Å². The molecule has 0 aromatic rings. The van der Waals surface area contributed by atoms with E-state index >= 15 is 0 Å².